The zero-order valence-electron chi connectivity index (χ0n) is 11.7. The molecule has 3 heteroatoms. The summed E-state index contributed by atoms with van der Waals surface area (Å²) in [5.74, 6) is 0. The largest absolute Gasteiger partial charge is 0.392 e. The summed E-state index contributed by atoms with van der Waals surface area (Å²) >= 11 is 1.86. The molecule has 1 saturated carbocycles. The molecule has 0 saturated heterocycles. The standard InChI is InChI=1S/C15H25NOS/c1-10-9-13(12(3)18-10)11(2)16-14-7-5-4-6-8-15(14)17/h9,11,14-17H,4-8H2,1-3H3. The van der Waals surface area contributed by atoms with Gasteiger partial charge >= 0.3 is 0 Å². The SMILES string of the molecule is Cc1cc(C(C)NC2CCCCCC2O)c(C)s1. The molecule has 18 heavy (non-hydrogen) atoms. The summed E-state index contributed by atoms with van der Waals surface area (Å²) in [6, 6.07) is 2.88. The van der Waals surface area contributed by atoms with Gasteiger partial charge in [0.05, 0.1) is 6.10 Å². The number of hydrogen-bond donors (Lipinski definition) is 2. The Morgan fingerprint density at radius 1 is 1.28 bits per heavy atom. The highest BCUT2D eigenvalue weighted by atomic mass is 32.1. The van der Waals surface area contributed by atoms with Crippen molar-refractivity contribution in [2.75, 3.05) is 0 Å². The normalized spacial score (nSPS) is 26.9. The molecule has 0 amide bonds. The fourth-order valence-corrected chi connectivity index (χ4v) is 4.00. The number of aliphatic hydroxyl groups is 1. The van der Waals surface area contributed by atoms with Crippen LogP contribution in [0.1, 0.15) is 60.4 Å². The zero-order valence-corrected chi connectivity index (χ0v) is 12.5. The minimum atomic E-state index is -0.171. The van der Waals surface area contributed by atoms with Crippen molar-refractivity contribution >= 4 is 11.3 Å². The zero-order chi connectivity index (χ0) is 13.1. The summed E-state index contributed by atoms with van der Waals surface area (Å²) in [5.41, 5.74) is 1.40. The number of hydrogen-bond acceptors (Lipinski definition) is 3. The maximum atomic E-state index is 10.2. The van der Waals surface area contributed by atoms with Crippen molar-refractivity contribution < 1.29 is 5.11 Å². The Bertz CT molecular complexity index is 388. The molecular formula is C15H25NOS. The van der Waals surface area contributed by atoms with Gasteiger partial charge in [-0.15, -0.1) is 11.3 Å². The van der Waals surface area contributed by atoms with Crippen LogP contribution in [0.3, 0.4) is 0 Å². The van der Waals surface area contributed by atoms with E-state index in [9.17, 15) is 5.11 Å². The summed E-state index contributed by atoms with van der Waals surface area (Å²) < 4.78 is 0. The van der Waals surface area contributed by atoms with E-state index < -0.39 is 0 Å². The first-order valence-corrected chi connectivity index (χ1v) is 7.90. The van der Waals surface area contributed by atoms with E-state index in [-0.39, 0.29) is 12.1 Å². The van der Waals surface area contributed by atoms with Gasteiger partial charge in [0.1, 0.15) is 0 Å². The van der Waals surface area contributed by atoms with E-state index in [0.717, 1.165) is 12.8 Å². The molecule has 2 N–H and O–H groups in total. The minimum absolute atomic E-state index is 0.171. The van der Waals surface area contributed by atoms with Crippen LogP contribution in [0.5, 0.6) is 0 Å². The highest BCUT2D eigenvalue weighted by Crippen LogP contribution is 2.28. The van der Waals surface area contributed by atoms with Crippen LogP contribution in [0.4, 0.5) is 0 Å². The monoisotopic (exact) mass is 267 g/mol. The first-order valence-electron chi connectivity index (χ1n) is 7.09. The topological polar surface area (TPSA) is 32.3 Å². The molecule has 0 aromatic carbocycles. The lowest BCUT2D eigenvalue weighted by Crippen LogP contribution is -2.40. The van der Waals surface area contributed by atoms with Gasteiger partial charge in [-0.2, -0.15) is 0 Å². The van der Waals surface area contributed by atoms with Gasteiger partial charge in [0.15, 0.2) is 0 Å². The summed E-state index contributed by atoms with van der Waals surface area (Å²) in [5, 5.41) is 13.8. The lowest BCUT2D eigenvalue weighted by Gasteiger charge is -2.26. The van der Waals surface area contributed by atoms with Crippen LogP contribution in [0.15, 0.2) is 6.07 Å². The number of thiophene rings is 1. The van der Waals surface area contributed by atoms with Crippen molar-refractivity contribution in [1.82, 2.24) is 5.32 Å². The average molecular weight is 267 g/mol. The molecule has 1 aliphatic carbocycles. The van der Waals surface area contributed by atoms with E-state index in [2.05, 4.69) is 32.2 Å². The number of nitrogens with one attached hydrogen (secondary N) is 1. The quantitative estimate of drug-likeness (QED) is 0.818. The van der Waals surface area contributed by atoms with Crippen LogP contribution >= 0.6 is 11.3 Å². The van der Waals surface area contributed by atoms with Crippen LogP contribution in [0, 0.1) is 13.8 Å². The number of aryl methyl sites for hydroxylation is 2. The third-order valence-corrected chi connectivity index (χ3v) is 4.97. The Hall–Kier alpha value is -0.380. The van der Waals surface area contributed by atoms with Crippen LogP contribution in [0.2, 0.25) is 0 Å². The molecule has 2 nitrogen and oxygen atoms in total. The van der Waals surface area contributed by atoms with Crippen LogP contribution < -0.4 is 5.32 Å². The highest BCUT2D eigenvalue weighted by molar-refractivity contribution is 7.12. The van der Waals surface area contributed by atoms with Crippen molar-refractivity contribution in [3.05, 3.63) is 21.4 Å². The van der Waals surface area contributed by atoms with Crippen LogP contribution in [0.25, 0.3) is 0 Å². The summed E-state index contributed by atoms with van der Waals surface area (Å²) in [6.07, 6.45) is 5.56. The van der Waals surface area contributed by atoms with Gasteiger partial charge in [0.25, 0.3) is 0 Å². The van der Waals surface area contributed by atoms with Gasteiger partial charge < -0.3 is 10.4 Å². The van der Waals surface area contributed by atoms with Crippen LogP contribution in [-0.2, 0) is 0 Å². The minimum Gasteiger partial charge on any atom is -0.392 e. The van der Waals surface area contributed by atoms with Gasteiger partial charge in [-0.3, -0.25) is 0 Å². The molecular weight excluding hydrogens is 242 g/mol. The molecule has 1 aromatic rings. The molecule has 1 aromatic heterocycles. The van der Waals surface area contributed by atoms with E-state index in [1.165, 1.54) is 34.6 Å². The average Bonchev–Trinajstić information content (AvgIpc) is 2.52. The van der Waals surface area contributed by atoms with Gasteiger partial charge in [-0.25, -0.2) is 0 Å². The van der Waals surface area contributed by atoms with E-state index in [1.807, 2.05) is 11.3 Å². The molecule has 2 rings (SSSR count). The number of aliphatic hydroxyl groups excluding tert-OH is 1. The Balaban J connectivity index is 2.01. The van der Waals surface area contributed by atoms with Crippen molar-refractivity contribution in [2.45, 2.75) is 71.1 Å². The molecule has 0 spiro atoms. The van der Waals surface area contributed by atoms with Crippen molar-refractivity contribution in [2.24, 2.45) is 0 Å². The molecule has 102 valence electrons. The second-order valence-corrected chi connectivity index (χ2v) is 7.03. The summed E-state index contributed by atoms with van der Waals surface area (Å²) in [7, 11) is 0. The molecule has 0 bridgehead atoms. The van der Waals surface area contributed by atoms with Crippen molar-refractivity contribution in [3.63, 3.8) is 0 Å². The van der Waals surface area contributed by atoms with Crippen molar-refractivity contribution in [1.29, 1.82) is 0 Å². The fraction of sp³-hybridized carbons (Fsp3) is 0.733. The first kappa shape index (κ1) is 14.0. The summed E-state index contributed by atoms with van der Waals surface area (Å²) in [4.78, 5) is 2.77. The number of rotatable bonds is 3. The Kier molecular flexibility index (Phi) is 4.82. The molecule has 0 aliphatic heterocycles. The predicted molar refractivity (Wildman–Crippen MR) is 78.2 cm³/mol. The second-order valence-electron chi connectivity index (χ2n) is 5.57. The van der Waals surface area contributed by atoms with E-state index in [0.29, 0.717) is 6.04 Å². The second kappa shape index (κ2) is 6.18. The van der Waals surface area contributed by atoms with Crippen LogP contribution in [-0.4, -0.2) is 17.3 Å². The van der Waals surface area contributed by atoms with Gasteiger partial charge in [-0.1, -0.05) is 19.3 Å². The first-order chi connectivity index (χ1) is 8.58. The highest BCUT2D eigenvalue weighted by Gasteiger charge is 2.24. The summed E-state index contributed by atoms with van der Waals surface area (Å²) in [6.45, 7) is 6.56. The fourth-order valence-electron chi connectivity index (χ4n) is 2.97. The maximum absolute atomic E-state index is 10.2. The Morgan fingerprint density at radius 2 is 2.00 bits per heavy atom. The third kappa shape index (κ3) is 3.34. The smallest absolute Gasteiger partial charge is 0.0693 e. The van der Waals surface area contributed by atoms with E-state index in [1.54, 1.807) is 0 Å². The molecule has 3 unspecified atom stereocenters. The molecule has 0 radical (unpaired) electrons. The lowest BCUT2D eigenvalue weighted by molar-refractivity contribution is 0.115. The maximum Gasteiger partial charge on any atom is 0.0693 e. The van der Waals surface area contributed by atoms with E-state index in [4.69, 9.17) is 0 Å². The van der Waals surface area contributed by atoms with Gasteiger partial charge in [0.2, 0.25) is 0 Å². The molecule has 1 fully saturated rings. The molecule has 1 heterocycles. The van der Waals surface area contributed by atoms with Crippen molar-refractivity contribution in [3.8, 4) is 0 Å². The van der Waals surface area contributed by atoms with Gasteiger partial charge in [-0.05, 0) is 45.2 Å². The third-order valence-electron chi connectivity index (χ3n) is 3.99. The predicted octanol–water partition coefficient (Wildman–Crippen LogP) is 3.71. The Morgan fingerprint density at radius 3 is 2.67 bits per heavy atom. The molecule has 3 atom stereocenters. The Labute approximate surface area is 114 Å². The van der Waals surface area contributed by atoms with E-state index >= 15 is 0 Å². The van der Waals surface area contributed by atoms with Gasteiger partial charge in [0, 0.05) is 21.8 Å². The molecule has 1 aliphatic rings. The lowest BCUT2D eigenvalue weighted by atomic mass is 10.0.